The average Bonchev–Trinajstić information content (AvgIpc) is 3.57. The van der Waals surface area contributed by atoms with Crippen LogP contribution in [0.3, 0.4) is 0 Å². The molecule has 0 unspecified atom stereocenters. The lowest BCUT2D eigenvalue weighted by atomic mass is 9.77. The Balaban J connectivity index is 1.51. The van der Waals surface area contributed by atoms with Crippen molar-refractivity contribution in [1.82, 2.24) is 9.88 Å². The summed E-state index contributed by atoms with van der Waals surface area (Å²) in [5.41, 5.74) is 4.37. The topological polar surface area (TPSA) is 93.9 Å². The fourth-order valence-corrected chi connectivity index (χ4v) is 6.27. The van der Waals surface area contributed by atoms with Gasteiger partial charge >= 0.3 is 0 Å². The van der Waals surface area contributed by atoms with Crippen LogP contribution in [0.4, 0.5) is 0 Å². The summed E-state index contributed by atoms with van der Waals surface area (Å²) >= 11 is 0. The van der Waals surface area contributed by atoms with Crippen LogP contribution in [0.15, 0.2) is 115 Å². The van der Waals surface area contributed by atoms with E-state index in [0.717, 1.165) is 22.3 Å². The molecule has 1 aliphatic heterocycles. The molecule has 0 saturated carbocycles. The maximum Gasteiger partial charge on any atom is 0.256 e. The van der Waals surface area contributed by atoms with Crippen LogP contribution in [0, 0.1) is 6.92 Å². The van der Waals surface area contributed by atoms with Crippen LogP contribution < -0.4 is 0 Å². The number of likely N-dealkylation sites (tertiary alicyclic amines) is 1. The van der Waals surface area contributed by atoms with Crippen LogP contribution in [0.2, 0.25) is 0 Å². The third-order valence-electron chi connectivity index (χ3n) is 8.54. The molecular formula is C37H34N2O4. The number of aromatic hydroxyl groups is 1. The molecule has 1 amide bonds. The molecule has 6 rings (SSSR count). The van der Waals surface area contributed by atoms with Gasteiger partial charge in [-0.2, -0.15) is 0 Å². The summed E-state index contributed by atoms with van der Waals surface area (Å²) in [5.74, 6) is -0.573. The van der Waals surface area contributed by atoms with Crippen molar-refractivity contribution in [1.29, 1.82) is 0 Å². The van der Waals surface area contributed by atoms with Crippen molar-refractivity contribution in [2.24, 2.45) is 0 Å². The number of pyridine rings is 1. The van der Waals surface area contributed by atoms with Crippen molar-refractivity contribution >= 4 is 5.91 Å². The molecule has 4 aromatic carbocycles. The highest BCUT2D eigenvalue weighted by Gasteiger charge is 2.48. The number of nitrogens with zero attached hydrogens (tertiary/aromatic N) is 2. The first-order valence-electron chi connectivity index (χ1n) is 14.6. The van der Waals surface area contributed by atoms with E-state index in [2.05, 4.69) is 4.98 Å². The number of aliphatic hydroxyl groups excluding tert-OH is 1. The monoisotopic (exact) mass is 570 g/mol. The number of carbonyl (C=O) groups is 1. The molecule has 1 saturated heterocycles. The fourth-order valence-electron chi connectivity index (χ4n) is 6.27. The molecule has 0 radical (unpaired) electrons. The zero-order chi connectivity index (χ0) is 30.0. The van der Waals surface area contributed by atoms with Crippen molar-refractivity contribution in [3.8, 4) is 28.0 Å². The van der Waals surface area contributed by atoms with E-state index >= 15 is 0 Å². The average molecular weight is 571 g/mol. The van der Waals surface area contributed by atoms with Crippen molar-refractivity contribution in [3.63, 3.8) is 0 Å². The van der Waals surface area contributed by atoms with Gasteiger partial charge in [0.25, 0.3) is 5.91 Å². The van der Waals surface area contributed by atoms with Gasteiger partial charge in [0.05, 0.1) is 23.9 Å². The van der Waals surface area contributed by atoms with E-state index in [1.54, 1.807) is 11.8 Å². The summed E-state index contributed by atoms with van der Waals surface area (Å²) < 4.78 is 0. The zero-order valence-corrected chi connectivity index (χ0v) is 24.0. The van der Waals surface area contributed by atoms with E-state index < -0.39 is 18.2 Å². The van der Waals surface area contributed by atoms with Gasteiger partial charge < -0.3 is 20.2 Å². The van der Waals surface area contributed by atoms with E-state index in [4.69, 9.17) is 0 Å². The van der Waals surface area contributed by atoms with Crippen LogP contribution in [0.1, 0.15) is 45.6 Å². The van der Waals surface area contributed by atoms with Crippen LogP contribution in [0.5, 0.6) is 5.75 Å². The first kappa shape index (κ1) is 28.3. The van der Waals surface area contributed by atoms with E-state index in [1.165, 1.54) is 6.20 Å². The number of hydrogen-bond acceptors (Lipinski definition) is 5. The third kappa shape index (κ3) is 5.20. The van der Waals surface area contributed by atoms with Crippen molar-refractivity contribution < 1.29 is 20.1 Å². The molecule has 1 fully saturated rings. The molecule has 6 heteroatoms. The van der Waals surface area contributed by atoms with Gasteiger partial charge in [-0.3, -0.25) is 9.78 Å². The van der Waals surface area contributed by atoms with Crippen LogP contribution in [-0.2, 0) is 12.2 Å². The SMILES string of the molecule is Cc1ncc(C(=O)N2CCC[C@H]2C(O)(c2cccc(-c3ccccc3)c2)c2cccc(-c3ccccc3)c2)c(CO)c1O. The number of aliphatic hydroxyl groups is 2. The molecule has 43 heavy (non-hydrogen) atoms. The van der Waals surface area contributed by atoms with Crippen molar-refractivity contribution in [3.05, 3.63) is 143 Å². The van der Waals surface area contributed by atoms with Crippen LogP contribution >= 0.6 is 0 Å². The van der Waals surface area contributed by atoms with Gasteiger partial charge in [-0.05, 0) is 65.3 Å². The van der Waals surface area contributed by atoms with E-state index in [0.29, 0.717) is 36.2 Å². The molecule has 1 atom stereocenters. The molecule has 216 valence electrons. The first-order chi connectivity index (χ1) is 20.9. The third-order valence-corrected chi connectivity index (χ3v) is 8.54. The number of rotatable bonds is 7. The molecule has 1 aromatic heterocycles. The Morgan fingerprint density at radius 1 is 0.837 bits per heavy atom. The molecule has 3 N–H and O–H groups in total. The molecule has 2 heterocycles. The molecule has 1 aliphatic rings. The predicted molar refractivity (Wildman–Crippen MR) is 167 cm³/mol. The smallest absolute Gasteiger partial charge is 0.256 e. The minimum atomic E-state index is -1.57. The summed E-state index contributed by atoms with van der Waals surface area (Å²) in [7, 11) is 0. The van der Waals surface area contributed by atoms with E-state index in [1.807, 2.05) is 109 Å². The van der Waals surface area contributed by atoms with Gasteiger partial charge in [0.2, 0.25) is 0 Å². The molecule has 0 bridgehead atoms. The lowest BCUT2D eigenvalue weighted by molar-refractivity contribution is -0.000786. The second kappa shape index (κ2) is 11.8. The Bertz CT molecular complexity index is 1670. The Labute approximate surface area is 251 Å². The second-order valence-corrected chi connectivity index (χ2v) is 11.1. The van der Waals surface area contributed by atoms with E-state index in [9.17, 15) is 20.1 Å². The number of hydrogen-bond donors (Lipinski definition) is 3. The minimum absolute atomic E-state index is 0.135. The molecule has 0 aliphatic carbocycles. The summed E-state index contributed by atoms with van der Waals surface area (Å²) in [6.07, 6.45) is 2.66. The number of aryl methyl sites for hydroxylation is 1. The fraction of sp³-hybridized carbons (Fsp3) is 0.189. The number of carbonyl (C=O) groups excluding carboxylic acids is 1. The first-order valence-corrected chi connectivity index (χ1v) is 14.6. The van der Waals surface area contributed by atoms with Gasteiger partial charge in [-0.25, -0.2) is 0 Å². The summed E-state index contributed by atoms with van der Waals surface area (Å²) in [6, 6.07) is 35.2. The standard InChI is InChI=1S/C37H34N2O4/c1-25-35(41)33(24-40)32(23-38-25)36(42)39-20-10-19-34(39)37(43,30-17-8-15-28(21-30)26-11-4-2-5-12-26)31-18-9-16-29(22-31)27-13-6-3-7-14-27/h2-9,11-18,21-23,34,40-41,43H,10,19-20,24H2,1H3/t34-/m0/s1. The Morgan fingerprint density at radius 3 is 1.91 bits per heavy atom. The lowest BCUT2D eigenvalue weighted by Crippen LogP contribution is -2.50. The Hall–Kier alpha value is -4.78. The second-order valence-electron chi connectivity index (χ2n) is 11.1. The highest BCUT2D eigenvalue weighted by molar-refractivity contribution is 5.96. The Morgan fingerprint density at radius 2 is 1.37 bits per heavy atom. The largest absolute Gasteiger partial charge is 0.506 e. The van der Waals surface area contributed by atoms with Crippen LogP contribution in [-0.4, -0.2) is 43.7 Å². The normalized spacial score (nSPS) is 15.0. The van der Waals surface area contributed by atoms with E-state index in [-0.39, 0.29) is 22.8 Å². The summed E-state index contributed by atoms with van der Waals surface area (Å²) in [4.78, 5) is 20.0. The van der Waals surface area contributed by atoms with Crippen molar-refractivity contribution in [2.75, 3.05) is 6.54 Å². The summed E-state index contributed by atoms with van der Waals surface area (Å²) in [5, 5.41) is 33.7. The predicted octanol–water partition coefficient (Wildman–Crippen LogP) is 6.46. The van der Waals surface area contributed by atoms with Crippen molar-refractivity contribution in [2.45, 2.75) is 38.0 Å². The maximum atomic E-state index is 14.1. The lowest BCUT2D eigenvalue weighted by Gasteiger charge is -2.40. The molecular weight excluding hydrogens is 536 g/mol. The molecule has 0 spiro atoms. The zero-order valence-electron chi connectivity index (χ0n) is 24.0. The van der Waals surface area contributed by atoms with Gasteiger partial charge in [0.15, 0.2) is 0 Å². The van der Waals surface area contributed by atoms with Crippen LogP contribution in [0.25, 0.3) is 22.3 Å². The van der Waals surface area contributed by atoms with Gasteiger partial charge in [0.1, 0.15) is 11.4 Å². The van der Waals surface area contributed by atoms with Gasteiger partial charge in [0, 0.05) is 18.3 Å². The van der Waals surface area contributed by atoms with Gasteiger partial charge in [-0.1, -0.05) is 97.1 Å². The minimum Gasteiger partial charge on any atom is -0.506 e. The number of benzene rings is 4. The number of aromatic nitrogens is 1. The molecule has 5 aromatic rings. The highest BCUT2D eigenvalue weighted by atomic mass is 16.3. The van der Waals surface area contributed by atoms with Gasteiger partial charge in [-0.15, -0.1) is 0 Å². The Kier molecular flexibility index (Phi) is 7.80. The maximum absolute atomic E-state index is 14.1. The molecule has 6 nitrogen and oxygen atoms in total. The highest BCUT2D eigenvalue weighted by Crippen LogP contribution is 2.43. The number of amides is 1. The summed E-state index contributed by atoms with van der Waals surface area (Å²) in [6.45, 7) is 1.54. The quantitative estimate of drug-likeness (QED) is 0.209.